The van der Waals surface area contributed by atoms with E-state index in [2.05, 4.69) is 15.1 Å². The lowest BCUT2D eigenvalue weighted by molar-refractivity contribution is -0.137. The van der Waals surface area contributed by atoms with Gasteiger partial charge in [0.2, 0.25) is 0 Å². The molecule has 15 heavy (non-hydrogen) atoms. The topological polar surface area (TPSA) is 69.2 Å². The maximum atomic E-state index is 10.7. The van der Waals surface area contributed by atoms with Crippen molar-refractivity contribution in [3.63, 3.8) is 0 Å². The maximum Gasteiger partial charge on any atom is 0.305 e. The van der Waals surface area contributed by atoms with E-state index in [0.29, 0.717) is 0 Å². The molecule has 2 rings (SSSR count). The molecule has 1 aromatic rings. The van der Waals surface area contributed by atoms with Gasteiger partial charge in [0.05, 0.1) is 18.3 Å². The Kier molecular flexibility index (Phi) is 2.89. The zero-order valence-electron chi connectivity index (χ0n) is 8.52. The lowest BCUT2D eigenvalue weighted by Gasteiger charge is -2.35. The number of piperidine rings is 1. The molecule has 2 N–H and O–H groups in total. The summed E-state index contributed by atoms with van der Waals surface area (Å²) in [5.74, 6) is -0.726. The molecule has 0 spiro atoms. The van der Waals surface area contributed by atoms with Crippen molar-refractivity contribution in [3.05, 3.63) is 12.4 Å². The molecule has 1 saturated heterocycles. The van der Waals surface area contributed by atoms with Crippen LogP contribution in [0.3, 0.4) is 0 Å². The molecule has 0 aromatic carbocycles. The number of carboxylic acid groups (broad SMARTS) is 1. The van der Waals surface area contributed by atoms with Crippen LogP contribution in [0.25, 0.3) is 0 Å². The highest BCUT2D eigenvalue weighted by atomic mass is 16.4. The van der Waals surface area contributed by atoms with E-state index in [1.54, 1.807) is 6.20 Å². The fraction of sp³-hybridized carbons (Fsp3) is 0.600. The first-order chi connectivity index (χ1) is 7.27. The molecular weight excluding hydrogens is 194 g/mol. The largest absolute Gasteiger partial charge is 0.481 e. The first-order valence-corrected chi connectivity index (χ1v) is 5.24. The van der Waals surface area contributed by atoms with Crippen molar-refractivity contribution < 1.29 is 9.90 Å². The lowest BCUT2D eigenvalue weighted by Crippen LogP contribution is -2.40. The number of carbonyl (C=O) groups is 1. The van der Waals surface area contributed by atoms with Crippen molar-refractivity contribution in [2.24, 2.45) is 0 Å². The molecule has 0 saturated carbocycles. The zero-order valence-corrected chi connectivity index (χ0v) is 8.52. The minimum absolute atomic E-state index is 0.119. The van der Waals surface area contributed by atoms with E-state index >= 15 is 0 Å². The summed E-state index contributed by atoms with van der Waals surface area (Å²) in [6.07, 6.45) is 6.98. The van der Waals surface area contributed by atoms with Crippen LogP contribution in [0.5, 0.6) is 0 Å². The Morgan fingerprint density at radius 3 is 3.20 bits per heavy atom. The number of nitrogens with one attached hydrogen (secondary N) is 1. The number of aliphatic carboxylic acids is 1. The van der Waals surface area contributed by atoms with E-state index in [1.165, 1.54) is 0 Å². The van der Waals surface area contributed by atoms with Crippen molar-refractivity contribution in [1.82, 2.24) is 10.2 Å². The Balaban J connectivity index is 2.09. The van der Waals surface area contributed by atoms with Crippen LogP contribution in [-0.2, 0) is 4.79 Å². The molecule has 0 aliphatic carbocycles. The van der Waals surface area contributed by atoms with Crippen molar-refractivity contribution in [2.45, 2.75) is 31.7 Å². The number of aromatic amines is 1. The molecule has 1 aromatic heterocycles. The van der Waals surface area contributed by atoms with Gasteiger partial charge >= 0.3 is 5.97 Å². The van der Waals surface area contributed by atoms with E-state index < -0.39 is 5.97 Å². The SMILES string of the molecule is O=C(O)CC1CCCCN1c1cn[nH]c1. The van der Waals surface area contributed by atoms with Crippen molar-refractivity contribution in [3.8, 4) is 0 Å². The monoisotopic (exact) mass is 209 g/mol. The van der Waals surface area contributed by atoms with Gasteiger partial charge in [0.1, 0.15) is 0 Å². The smallest absolute Gasteiger partial charge is 0.305 e. The molecule has 82 valence electrons. The number of aromatic nitrogens is 2. The van der Waals surface area contributed by atoms with E-state index in [9.17, 15) is 4.79 Å². The number of hydrogen-bond acceptors (Lipinski definition) is 3. The number of hydrogen-bond donors (Lipinski definition) is 2. The van der Waals surface area contributed by atoms with Crippen LogP contribution in [0.15, 0.2) is 12.4 Å². The zero-order chi connectivity index (χ0) is 10.7. The van der Waals surface area contributed by atoms with Crippen LogP contribution >= 0.6 is 0 Å². The standard InChI is InChI=1S/C10H15N3O2/c14-10(15)5-8-3-1-2-4-13(8)9-6-11-12-7-9/h6-8H,1-5H2,(H,11,12)(H,14,15). The van der Waals surface area contributed by atoms with Crippen LogP contribution < -0.4 is 4.90 Å². The molecule has 5 nitrogen and oxygen atoms in total. The molecule has 1 aliphatic heterocycles. The van der Waals surface area contributed by atoms with Gasteiger partial charge in [0.15, 0.2) is 0 Å². The summed E-state index contributed by atoms with van der Waals surface area (Å²) in [6.45, 7) is 0.928. The van der Waals surface area contributed by atoms with Gasteiger partial charge in [-0.1, -0.05) is 0 Å². The quantitative estimate of drug-likeness (QED) is 0.786. The highest BCUT2D eigenvalue weighted by Gasteiger charge is 2.25. The van der Waals surface area contributed by atoms with E-state index in [-0.39, 0.29) is 12.5 Å². The van der Waals surface area contributed by atoms with Crippen LogP contribution in [-0.4, -0.2) is 33.9 Å². The average Bonchev–Trinajstić information content (AvgIpc) is 2.70. The number of H-pyrrole nitrogens is 1. The third-order valence-corrected chi connectivity index (χ3v) is 2.85. The number of carboxylic acids is 1. The predicted octanol–water partition coefficient (Wildman–Crippen LogP) is 1.24. The molecule has 1 atom stereocenters. The summed E-state index contributed by atoms with van der Waals surface area (Å²) in [5.41, 5.74) is 1.00. The normalized spacial score (nSPS) is 21.6. The van der Waals surface area contributed by atoms with Crippen molar-refractivity contribution in [2.75, 3.05) is 11.4 Å². The van der Waals surface area contributed by atoms with Gasteiger partial charge in [0, 0.05) is 18.8 Å². The highest BCUT2D eigenvalue weighted by Crippen LogP contribution is 2.25. The van der Waals surface area contributed by atoms with E-state index in [1.807, 2.05) is 6.20 Å². The second kappa shape index (κ2) is 4.33. The molecule has 0 radical (unpaired) electrons. The van der Waals surface area contributed by atoms with E-state index in [0.717, 1.165) is 31.5 Å². The van der Waals surface area contributed by atoms with Crippen LogP contribution in [0.4, 0.5) is 5.69 Å². The Morgan fingerprint density at radius 1 is 1.67 bits per heavy atom. The van der Waals surface area contributed by atoms with Gasteiger partial charge in [0.25, 0.3) is 0 Å². The summed E-state index contributed by atoms with van der Waals surface area (Å²) in [6, 6.07) is 0.119. The maximum absolute atomic E-state index is 10.7. The summed E-state index contributed by atoms with van der Waals surface area (Å²) >= 11 is 0. The van der Waals surface area contributed by atoms with Gasteiger partial charge in [-0.05, 0) is 19.3 Å². The minimum Gasteiger partial charge on any atom is -0.481 e. The highest BCUT2D eigenvalue weighted by molar-refractivity contribution is 5.68. The lowest BCUT2D eigenvalue weighted by atomic mass is 9.99. The van der Waals surface area contributed by atoms with Crippen LogP contribution in [0, 0.1) is 0 Å². The van der Waals surface area contributed by atoms with E-state index in [4.69, 9.17) is 5.11 Å². The summed E-state index contributed by atoms with van der Waals surface area (Å²) in [5, 5.41) is 15.5. The summed E-state index contributed by atoms with van der Waals surface area (Å²) in [4.78, 5) is 12.9. The average molecular weight is 209 g/mol. The number of anilines is 1. The summed E-state index contributed by atoms with van der Waals surface area (Å²) < 4.78 is 0. The fourth-order valence-electron chi connectivity index (χ4n) is 2.16. The first kappa shape index (κ1) is 10.0. The molecule has 5 heteroatoms. The van der Waals surface area contributed by atoms with Gasteiger partial charge in [-0.3, -0.25) is 9.89 Å². The molecule has 1 aliphatic rings. The Hall–Kier alpha value is -1.52. The van der Waals surface area contributed by atoms with Gasteiger partial charge in [-0.25, -0.2) is 0 Å². The molecule has 2 heterocycles. The molecule has 1 fully saturated rings. The Morgan fingerprint density at radius 2 is 2.53 bits per heavy atom. The number of nitrogens with zero attached hydrogens (tertiary/aromatic N) is 2. The second-order valence-electron chi connectivity index (χ2n) is 3.90. The fourth-order valence-corrected chi connectivity index (χ4v) is 2.16. The number of rotatable bonds is 3. The van der Waals surface area contributed by atoms with Crippen LogP contribution in [0.2, 0.25) is 0 Å². The molecule has 0 bridgehead atoms. The van der Waals surface area contributed by atoms with Gasteiger partial charge in [-0.15, -0.1) is 0 Å². The minimum atomic E-state index is -0.726. The van der Waals surface area contributed by atoms with Crippen LogP contribution in [0.1, 0.15) is 25.7 Å². The third-order valence-electron chi connectivity index (χ3n) is 2.85. The Bertz CT molecular complexity index is 323. The summed E-state index contributed by atoms with van der Waals surface area (Å²) in [7, 11) is 0. The van der Waals surface area contributed by atoms with Crippen molar-refractivity contribution >= 4 is 11.7 Å². The van der Waals surface area contributed by atoms with Crippen molar-refractivity contribution in [1.29, 1.82) is 0 Å². The van der Waals surface area contributed by atoms with Gasteiger partial charge < -0.3 is 10.0 Å². The molecule has 1 unspecified atom stereocenters. The predicted molar refractivity (Wildman–Crippen MR) is 55.8 cm³/mol. The molecule has 0 amide bonds. The Labute approximate surface area is 88.1 Å². The van der Waals surface area contributed by atoms with Gasteiger partial charge in [-0.2, -0.15) is 5.10 Å². The third kappa shape index (κ3) is 2.29. The first-order valence-electron chi connectivity index (χ1n) is 5.24. The molecular formula is C10H15N3O2. The second-order valence-corrected chi connectivity index (χ2v) is 3.90.